The number of hydrogen-bond donors (Lipinski definition) is 2. The summed E-state index contributed by atoms with van der Waals surface area (Å²) in [6.45, 7) is 0. The maximum Gasteiger partial charge on any atom is 0.462 e. The van der Waals surface area contributed by atoms with Crippen molar-refractivity contribution in [2.75, 3.05) is 14.2 Å². The lowest BCUT2D eigenvalue weighted by atomic mass is 10.2. The summed E-state index contributed by atoms with van der Waals surface area (Å²) in [5.74, 6) is -7.09. The van der Waals surface area contributed by atoms with E-state index in [-0.39, 0.29) is 17.1 Å². The van der Waals surface area contributed by atoms with Gasteiger partial charge in [-0.3, -0.25) is 0 Å². The van der Waals surface area contributed by atoms with Crippen molar-refractivity contribution in [1.82, 2.24) is 5.43 Å². The summed E-state index contributed by atoms with van der Waals surface area (Å²) in [7, 11) is 2.32. The van der Waals surface area contributed by atoms with Crippen LogP contribution in [0.25, 0.3) is 0 Å². The lowest BCUT2D eigenvalue weighted by Gasteiger charge is -2.27. The van der Waals surface area contributed by atoms with E-state index in [1.807, 2.05) is 0 Å². The number of phenolic OH excluding ortho intramolecular Hbond substituents is 1. The molecular weight excluding hydrogens is 353 g/mol. The molecule has 0 atom stereocenters. The Morgan fingerprint density at radius 2 is 1.46 bits per heavy atom. The van der Waals surface area contributed by atoms with Gasteiger partial charge in [0.25, 0.3) is 0 Å². The number of phenols is 1. The lowest BCUT2D eigenvalue weighted by molar-refractivity contribution is -0.361. The fraction of sp³-hybridized carbons (Fsp3) is 0.417. The Balaban J connectivity index is 3.03. The predicted molar refractivity (Wildman–Crippen MR) is 67.9 cm³/mol. The van der Waals surface area contributed by atoms with Crippen molar-refractivity contribution in [2.24, 2.45) is 5.10 Å². The molecule has 24 heavy (non-hydrogen) atoms. The average Bonchev–Trinajstić information content (AvgIpc) is 2.47. The Labute approximate surface area is 130 Å². The van der Waals surface area contributed by atoms with E-state index in [9.17, 15) is 35.8 Å². The van der Waals surface area contributed by atoms with Gasteiger partial charge < -0.3 is 14.6 Å². The van der Waals surface area contributed by atoms with Gasteiger partial charge in [-0.15, -0.1) is 0 Å². The molecule has 136 valence electrons. The van der Waals surface area contributed by atoms with E-state index in [4.69, 9.17) is 9.47 Å². The molecular formula is C12H11F7N2O3. The number of rotatable bonds is 6. The normalized spacial score (nSPS) is 13.2. The Bertz CT molecular complexity index is 592. The van der Waals surface area contributed by atoms with E-state index >= 15 is 0 Å². The summed E-state index contributed by atoms with van der Waals surface area (Å²) in [5, 5.41) is 12.3. The SMILES string of the molecule is COc1cc(/C=N/NC(F)(F)C(F)(F)C(F)(F)F)cc(OC)c1O. The van der Waals surface area contributed by atoms with Gasteiger partial charge in [-0.2, -0.15) is 35.8 Å². The van der Waals surface area contributed by atoms with E-state index in [1.165, 1.54) is 0 Å². The number of nitrogens with zero attached hydrogens (tertiary/aromatic N) is 1. The fourth-order valence-electron chi connectivity index (χ4n) is 1.42. The van der Waals surface area contributed by atoms with Gasteiger partial charge in [0.1, 0.15) is 0 Å². The zero-order valence-corrected chi connectivity index (χ0v) is 12.1. The quantitative estimate of drug-likeness (QED) is 0.352. The minimum Gasteiger partial charge on any atom is -0.502 e. The highest BCUT2D eigenvalue weighted by molar-refractivity contribution is 5.82. The van der Waals surface area contributed by atoms with Gasteiger partial charge in [0.2, 0.25) is 5.75 Å². The standard InChI is InChI=1S/C12H11F7N2O3/c1-23-7-3-6(4-8(24-2)9(7)22)5-20-21-12(18,19)10(13,14)11(15,16)17/h3-5,21-22H,1-2H3/b20-5+. The van der Waals surface area contributed by atoms with E-state index in [2.05, 4.69) is 5.10 Å². The molecule has 0 saturated heterocycles. The Kier molecular flexibility index (Phi) is 5.41. The van der Waals surface area contributed by atoms with Crippen molar-refractivity contribution < 1.29 is 45.3 Å². The van der Waals surface area contributed by atoms with Crippen LogP contribution in [-0.2, 0) is 0 Å². The second-order valence-electron chi connectivity index (χ2n) is 4.29. The van der Waals surface area contributed by atoms with Gasteiger partial charge in [0.05, 0.1) is 20.4 Å². The summed E-state index contributed by atoms with van der Waals surface area (Å²) in [4.78, 5) is 0. The topological polar surface area (TPSA) is 63.1 Å². The van der Waals surface area contributed by atoms with Crippen LogP contribution < -0.4 is 14.9 Å². The molecule has 0 fully saturated rings. The Hall–Kier alpha value is -2.40. The molecule has 0 radical (unpaired) electrons. The number of benzene rings is 1. The molecule has 1 aromatic rings. The first kappa shape index (κ1) is 19.6. The summed E-state index contributed by atoms with van der Waals surface area (Å²) >= 11 is 0. The highest BCUT2D eigenvalue weighted by Gasteiger charge is 2.73. The molecule has 1 aromatic carbocycles. The van der Waals surface area contributed by atoms with Crippen LogP contribution >= 0.6 is 0 Å². The van der Waals surface area contributed by atoms with Crippen LogP contribution in [-0.4, -0.2) is 43.7 Å². The van der Waals surface area contributed by atoms with Gasteiger partial charge in [0.15, 0.2) is 11.5 Å². The average molecular weight is 364 g/mol. The van der Waals surface area contributed by atoms with Crippen LogP contribution in [0, 0.1) is 0 Å². The van der Waals surface area contributed by atoms with E-state index in [0.29, 0.717) is 11.6 Å². The van der Waals surface area contributed by atoms with E-state index < -0.39 is 23.9 Å². The Morgan fingerprint density at radius 3 is 1.83 bits per heavy atom. The molecule has 1 rings (SSSR count). The lowest BCUT2D eigenvalue weighted by Crippen LogP contribution is -2.58. The number of methoxy groups -OCH3 is 2. The summed E-state index contributed by atoms with van der Waals surface area (Å²) < 4.78 is 96.5. The number of halogens is 7. The van der Waals surface area contributed by atoms with Gasteiger partial charge in [-0.1, -0.05) is 0 Å². The first-order valence-corrected chi connectivity index (χ1v) is 5.95. The van der Waals surface area contributed by atoms with Gasteiger partial charge >= 0.3 is 18.1 Å². The fourth-order valence-corrected chi connectivity index (χ4v) is 1.42. The second kappa shape index (κ2) is 6.61. The molecule has 0 aromatic heterocycles. The highest BCUT2D eigenvalue weighted by Crippen LogP contribution is 2.45. The van der Waals surface area contributed by atoms with Crippen molar-refractivity contribution in [3.8, 4) is 17.2 Å². The number of hydrogen-bond acceptors (Lipinski definition) is 5. The van der Waals surface area contributed by atoms with Crippen LogP contribution in [0.3, 0.4) is 0 Å². The number of hydrazone groups is 1. The molecule has 0 spiro atoms. The van der Waals surface area contributed by atoms with Gasteiger partial charge in [0, 0.05) is 5.56 Å². The first-order chi connectivity index (χ1) is 10.9. The van der Waals surface area contributed by atoms with Gasteiger partial charge in [-0.25, -0.2) is 5.43 Å². The molecule has 0 unspecified atom stereocenters. The molecule has 0 aliphatic heterocycles. The van der Waals surface area contributed by atoms with Crippen LogP contribution in [0.15, 0.2) is 17.2 Å². The Morgan fingerprint density at radius 1 is 1.00 bits per heavy atom. The molecule has 0 aliphatic carbocycles. The number of nitrogens with one attached hydrogen (secondary N) is 1. The molecule has 0 amide bonds. The maximum absolute atomic E-state index is 13.0. The largest absolute Gasteiger partial charge is 0.502 e. The van der Waals surface area contributed by atoms with E-state index in [0.717, 1.165) is 26.4 Å². The third-order valence-electron chi connectivity index (χ3n) is 2.67. The van der Waals surface area contributed by atoms with Crippen molar-refractivity contribution in [1.29, 1.82) is 0 Å². The molecule has 12 heteroatoms. The third kappa shape index (κ3) is 3.74. The third-order valence-corrected chi connectivity index (χ3v) is 2.67. The zero-order valence-electron chi connectivity index (χ0n) is 12.1. The monoisotopic (exact) mass is 364 g/mol. The van der Waals surface area contributed by atoms with Crippen molar-refractivity contribution in [3.05, 3.63) is 17.7 Å². The maximum atomic E-state index is 13.0. The minimum atomic E-state index is -6.47. The summed E-state index contributed by atoms with van der Waals surface area (Å²) in [5.41, 5.74) is 0.383. The highest BCUT2D eigenvalue weighted by atomic mass is 19.4. The molecule has 0 heterocycles. The number of ether oxygens (including phenoxy) is 2. The van der Waals surface area contributed by atoms with Gasteiger partial charge in [-0.05, 0) is 12.1 Å². The molecule has 0 bridgehead atoms. The molecule has 0 saturated carbocycles. The number of aromatic hydroxyl groups is 1. The summed E-state index contributed by atoms with van der Waals surface area (Å²) in [6.07, 6.45) is -5.95. The van der Waals surface area contributed by atoms with E-state index in [1.54, 1.807) is 0 Å². The zero-order chi connectivity index (χ0) is 18.8. The smallest absolute Gasteiger partial charge is 0.462 e. The van der Waals surface area contributed by atoms with Crippen molar-refractivity contribution in [3.63, 3.8) is 0 Å². The minimum absolute atomic E-state index is 0.0832. The summed E-state index contributed by atoms with van der Waals surface area (Å²) in [6, 6.07) is -3.56. The first-order valence-electron chi connectivity index (χ1n) is 5.95. The molecule has 5 nitrogen and oxygen atoms in total. The number of alkyl halides is 7. The van der Waals surface area contributed by atoms with Crippen LogP contribution in [0.2, 0.25) is 0 Å². The predicted octanol–water partition coefficient (Wildman–Crippen LogP) is 3.12. The second-order valence-corrected chi connectivity index (χ2v) is 4.29. The van der Waals surface area contributed by atoms with Crippen LogP contribution in [0.1, 0.15) is 5.56 Å². The molecule has 2 N–H and O–H groups in total. The van der Waals surface area contributed by atoms with Crippen LogP contribution in [0.4, 0.5) is 30.7 Å². The molecule has 0 aliphatic rings. The van der Waals surface area contributed by atoms with Crippen LogP contribution in [0.5, 0.6) is 17.2 Å². The van der Waals surface area contributed by atoms with Crippen molar-refractivity contribution >= 4 is 6.21 Å². The van der Waals surface area contributed by atoms with Crippen molar-refractivity contribution in [2.45, 2.75) is 18.1 Å².